The summed E-state index contributed by atoms with van der Waals surface area (Å²) >= 11 is 1.50. The summed E-state index contributed by atoms with van der Waals surface area (Å²) < 4.78 is 7.49. The predicted molar refractivity (Wildman–Crippen MR) is 133 cm³/mol. The molecule has 176 valence electrons. The van der Waals surface area contributed by atoms with Crippen molar-refractivity contribution in [3.05, 3.63) is 80.4 Å². The summed E-state index contributed by atoms with van der Waals surface area (Å²) in [4.78, 5) is 31.9. The maximum absolute atomic E-state index is 13.7. The van der Waals surface area contributed by atoms with E-state index in [1.807, 2.05) is 39.1 Å². The quantitative estimate of drug-likeness (QED) is 0.578. The van der Waals surface area contributed by atoms with Crippen LogP contribution in [0.3, 0.4) is 0 Å². The first-order chi connectivity index (χ1) is 16.7. The number of ether oxygens (including phenoxy) is 1. The number of aromatic nitrogens is 1. The molecule has 0 N–H and O–H groups in total. The van der Waals surface area contributed by atoms with Crippen LogP contribution in [-0.2, 0) is 17.8 Å². The largest absolute Gasteiger partial charge is 0.379 e. The first-order valence-electron chi connectivity index (χ1n) is 12.1. The molecule has 2 unspecified atom stereocenters. The molecule has 0 radical (unpaired) electrons. The van der Waals surface area contributed by atoms with Crippen LogP contribution in [0.25, 0.3) is 11.1 Å². The van der Waals surface area contributed by atoms with Crippen LogP contribution in [0, 0.1) is 5.92 Å². The Bertz CT molecular complexity index is 1250. The van der Waals surface area contributed by atoms with E-state index in [4.69, 9.17) is 4.74 Å². The van der Waals surface area contributed by atoms with Crippen LogP contribution < -0.4 is 5.56 Å². The Morgan fingerprint density at radius 3 is 2.65 bits per heavy atom. The zero-order valence-corrected chi connectivity index (χ0v) is 20.0. The minimum atomic E-state index is 0.0969. The van der Waals surface area contributed by atoms with Gasteiger partial charge in [0.15, 0.2) is 0 Å². The minimum absolute atomic E-state index is 0.0969. The fourth-order valence-electron chi connectivity index (χ4n) is 5.79. The lowest BCUT2D eigenvalue weighted by Crippen LogP contribution is -2.49. The summed E-state index contributed by atoms with van der Waals surface area (Å²) in [7, 11) is 0. The van der Waals surface area contributed by atoms with E-state index in [-0.39, 0.29) is 17.4 Å². The van der Waals surface area contributed by atoms with Crippen LogP contribution in [0.2, 0.25) is 0 Å². The summed E-state index contributed by atoms with van der Waals surface area (Å²) in [5.74, 6) is 0.641. The summed E-state index contributed by atoms with van der Waals surface area (Å²) in [5, 5.41) is 1.95. The smallest absolute Gasteiger partial charge is 0.263 e. The second-order valence-corrected chi connectivity index (χ2v) is 10.6. The van der Waals surface area contributed by atoms with Crippen LogP contribution in [-0.4, -0.2) is 59.7 Å². The number of benzene rings is 1. The number of likely N-dealkylation sites (tertiary alicyclic amines) is 1. The van der Waals surface area contributed by atoms with E-state index in [2.05, 4.69) is 29.2 Å². The van der Waals surface area contributed by atoms with Crippen molar-refractivity contribution >= 4 is 17.2 Å². The van der Waals surface area contributed by atoms with Crippen molar-refractivity contribution in [3.63, 3.8) is 0 Å². The summed E-state index contributed by atoms with van der Waals surface area (Å²) in [6, 6.07) is 16.2. The topological polar surface area (TPSA) is 54.8 Å². The van der Waals surface area contributed by atoms with Gasteiger partial charge in [0.05, 0.1) is 18.1 Å². The number of hydrogen-bond acceptors (Lipinski definition) is 5. The van der Waals surface area contributed by atoms with Crippen molar-refractivity contribution in [1.82, 2.24) is 14.4 Å². The molecule has 1 amide bonds. The fourth-order valence-corrected chi connectivity index (χ4v) is 6.48. The van der Waals surface area contributed by atoms with Crippen molar-refractivity contribution in [2.24, 2.45) is 5.92 Å². The molecule has 6 nitrogen and oxygen atoms in total. The third-order valence-electron chi connectivity index (χ3n) is 7.43. The molecule has 0 spiro atoms. The van der Waals surface area contributed by atoms with E-state index < -0.39 is 0 Å². The van der Waals surface area contributed by atoms with Crippen molar-refractivity contribution in [3.8, 4) is 11.1 Å². The molecule has 5 heterocycles. The van der Waals surface area contributed by atoms with Gasteiger partial charge in [-0.15, -0.1) is 11.3 Å². The normalized spacial score (nSPS) is 22.4. The molecule has 34 heavy (non-hydrogen) atoms. The van der Waals surface area contributed by atoms with Gasteiger partial charge in [0.1, 0.15) is 0 Å². The van der Waals surface area contributed by atoms with E-state index >= 15 is 0 Å². The van der Waals surface area contributed by atoms with Gasteiger partial charge in [-0.3, -0.25) is 14.5 Å². The van der Waals surface area contributed by atoms with Gasteiger partial charge >= 0.3 is 0 Å². The van der Waals surface area contributed by atoms with Crippen molar-refractivity contribution in [2.45, 2.75) is 25.4 Å². The molecule has 0 aliphatic carbocycles. The number of morpholine rings is 1. The molecular weight excluding hydrogens is 446 g/mol. The zero-order valence-electron chi connectivity index (χ0n) is 19.2. The number of carbonyl (C=O) groups is 1. The Kier molecular flexibility index (Phi) is 5.85. The highest BCUT2D eigenvalue weighted by Gasteiger charge is 2.37. The Hall–Kier alpha value is -2.74. The highest BCUT2D eigenvalue weighted by Crippen LogP contribution is 2.37. The molecule has 1 aromatic carbocycles. The van der Waals surface area contributed by atoms with Gasteiger partial charge in [0, 0.05) is 56.4 Å². The zero-order chi connectivity index (χ0) is 23.1. The first kappa shape index (κ1) is 21.8. The summed E-state index contributed by atoms with van der Waals surface area (Å²) in [6.45, 7) is 6.26. The van der Waals surface area contributed by atoms with Gasteiger partial charge in [0.2, 0.25) is 0 Å². The monoisotopic (exact) mass is 475 g/mol. The first-order valence-corrected chi connectivity index (χ1v) is 13.0. The number of thiophene rings is 1. The lowest BCUT2D eigenvalue weighted by atomic mass is 9.82. The summed E-state index contributed by atoms with van der Waals surface area (Å²) in [6.07, 6.45) is 1.04. The second kappa shape index (κ2) is 9.13. The molecule has 3 aliphatic heterocycles. The fraction of sp³-hybridized carbons (Fsp3) is 0.407. The number of carbonyl (C=O) groups excluding carboxylic acids is 1. The molecule has 2 saturated heterocycles. The van der Waals surface area contributed by atoms with Crippen LogP contribution in [0.1, 0.15) is 33.3 Å². The highest BCUT2D eigenvalue weighted by atomic mass is 32.1. The average Bonchev–Trinajstić information content (AvgIpc) is 3.40. The number of nitrogens with zero attached hydrogens (tertiary/aromatic N) is 3. The second-order valence-electron chi connectivity index (χ2n) is 9.62. The van der Waals surface area contributed by atoms with Gasteiger partial charge < -0.3 is 14.2 Å². The van der Waals surface area contributed by atoms with E-state index in [0.29, 0.717) is 19.0 Å². The lowest BCUT2D eigenvalue weighted by molar-refractivity contribution is 0.0342. The molecule has 2 bridgehead atoms. The van der Waals surface area contributed by atoms with Gasteiger partial charge in [-0.25, -0.2) is 0 Å². The van der Waals surface area contributed by atoms with Crippen molar-refractivity contribution < 1.29 is 9.53 Å². The molecular formula is C27H29N3O3S. The third-order valence-corrected chi connectivity index (χ3v) is 8.29. The predicted octanol–water partition coefficient (Wildman–Crippen LogP) is 3.67. The van der Waals surface area contributed by atoms with Crippen LogP contribution in [0.4, 0.5) is 0 Å². The third kappa shape index (κ3) is 4.02. The maximum Gasteiger partial charge on any atom is 0.263 e. The highest BCUT2D eigenvalue weighted by molar-refractivity contribution is 7.12. The van der Waals surface area contributed by atoms with Gasteiger partial charge in [-0.05, 0) is 47.0 Å². The van der Waals surface area contributed by atoms with Crippen molar-refractivity contribution in [2.75, 3.05) is 39.4 Å². The van der Waals surface area contributed by atoms with Gasteiger partial charge in [-0.1, -0.05) is 30.3 Å². The van der Waals surface area contributed by atoms with Gasteiger partial charge in [0.25, 0.3) is 11.5 Å². The minimum Gasteiger partial charge on any atom is -0.379 e. The molecule has 2 atom stereocenters. The van der Waals surface area contributed by atoms with Crippen LogP contribution >= 0.6 is 11.3 Å². The Morgan fingerprint density at radius 2 is 1.82 bits per heavy atom. The lowest BCUT2D eigenvalue weighted by Gasteiger charge is -2.42. The number of piperidine rings is 1. The number of pyridine rings is 1. The van der Waals surface area contributed by atoms with E-state index in [1.165, 1.54) is 16.9 Å². The Balaban J connectivity index is 1.30. The van der Waals surface area contributed by atoms with E-state index in [9.17, 15) is 9.59 Å². The number of fused-ring (bicyclic) bond motifs is 4. The van der Waals surface area contributed by atoms with Crippen LogP contribution in [0.5, 0.6) is 0 Å². The summed E-state index contributed by atoms with van der Waals surface area (Å²) in [5.41, 5.74) is 4.16. The molecule has 7 heteroatoms. The number of amides is 1. The van der Waals surface area contributed by atoms with Crippen molar-refractivity contribution in [1.29, 1.82) is 0 Å². The maximum atomic E-state index is 13.7. The molecule has 3 aliphatic rings. The molecule has 2 aromatic heterocycles. The Labute approximate surface area is 203 Å². The van der Waals surface area contributed by atoms with E-state index in [1.54, 1.807) is 0 Å². The standard InChI is InChI=1S/C27H29N3O3S/c31-26-23(22-5-2-1-4-20(22)17-28-9-11-33-12-10-28)7-8-24-21-14-19(16-30(24)26)15-29(18-21)27(32)25-6-3-13-34-25/h1-8,13,19,21H,9-12,14-18H2. The molecule has 0 saturated carbocycles. The molecule has 3 aromatic rings. The Morgan fingerprint density at radius 1 is 0.971 bits per heavy atom. The SMILES string of the molecule is O=C(c1cccs1)N1CC2CC(C1)c1ccc(-c3ccccc3CN3CCOCC3)c(=O)n1C2. The average molecular weight is 476 g/mol. The molecule has 6 rings (SSSR count). The number of hydrogen-bond donors (Lipinski definition) is 0. The van der Waals surface area contributed by atoms with Gasteiger partial charge in [-0.2, -0.15) is 0 Å². The number of rotatable bonds is 4. The van der Waals surface area contributed by atoms with E-state index in [0.717, 1.165) is 67.5 Å². The molecule has 2 fully saturated rings. The van der Waals surface area contributed by atoms with Crippen LogP contribution in [0.15, 0.2) is 58.7 Å².